The molecule has 0 N–H and O–H groups in total. The summed E-state index contributed by atoms with van der Waals surface area (Å²) in [5, 5.41) is 0. The van der Waals surface area contributed by atoms with Gasteiger partial charge >= 0.3 is 5.97 Å². The molecule has 0 spiro atoms. The number of esters is 1. The molecule has 0 saturated carbocycles. The van der Waals surface area contributed by atoms with Gasteiger partial charge in [0.15, 0.2) is 11.5 Å². The molecule has 1 amide bonds. The van der Waals surface area contributed by atoms with Crippen LogP contribution in [-0.2, 0) is 20.9 Å². The van der Waals surface area contributed by atoms with Gasteiger partial charge in [-0.15, -0.1) is 0 Å². The third-order valence-corrected chi connectivity index (χ3v) is 6.54. The molecule has 1 heterocycles. The summed E-state index contributed by atoms with van der Waals surface area (Å²) in [5.74, 6) is 0.984. The predicted octanol–water partition coefficient (Wildman–Crippen LogP) is 5.60. The number of nitrogens with zero attached hydrogens (tertiary/aromatic N) is 1. The Kier molecular flexibility index (Phi) is 9.97. The van der Waals surface area contributed by atoms with Crippen molar-refractivity contribution in [2.75, 3.05) is 20.3 Å². The minimum Gasteiger partial charge on any atom is -0.490 e. The van der Waals surface area contributed by atoms with Crippen LogP contribution >= 0.6 is 24.0 Å². The smallest absolute Gasteiger partial charge is 0.305 e. The van der Waals surface area contributed by atoms with Gasteiger partial charge in [-0.2, -0.15) is 0 Å². The minimum atomic E-state index is -0.212. The Morgan fingerprint density at radius 2 is 1.85 bits per heavy atom. The van der Waals surface area contributed by atoms with Crippen molar-refractivity contribution in [3.8, 4) is 11.5 Å². The first kappa shape index (κ1) is 25.8. The fourth-order valence-corrected chi connectivity index (χ4v) is 4.71. The number of methoxy groups -OCH3 is 1. The molecule has 0 aromatic heterocycles. The fourth-order valence-electron chi connectivity index (χ4n) is 3.40. The van der Waals surface area contributed by atoms with Gasteiger partial charge in [-0.1, -0.05) is 66.8 Å². The van der Waals surface area contributed by atoms with E-state index in [0.717, 1.165) is 30.4 Å². The molecule has 0 unspecified atom stereocenters. The lowest BCUT2D eigenvalue weighted by atomic mass is 10.1. The van der Waals surface area contributed by atoms with Gasteiger partial charge in [-0.05, 0) is 49.1 Å². The summed E-state index contributed by atoms with van der Waals surface area (Å²) in [6.45, 7) is 3.41. The lowest BCUT2D eigenvalue weighted by Crippen LogP contribution is -2.29. The van der Waals surface area contributed by atoms with Gasteiger partial charge in [0.1, 0.15) is 10.9 Å². The van der Waals surface area contributed by atoms with Crippen LogP contribution in [0.1, 0.15) is 43.7 Å². The van der Waals surface area contributed by atoms with Crippen molar-refractivity contribution in [2.24, 2.45) is 0 Å². The van der Waals surface area contributed by atoms with Gasteiger partial charge in [0.25, 0.3) is 5.91 Å². The highest BCUT2D eigenvalue weighted by atomic mass is 32.2. The van der Waals surface area contributed by atoms with E-state index in [9.17, 15) is 9.59 Å². The Labute approximate surface area is 210 Å². The summed E-state index contributed by atoms with van der Waals surface area (Å²) in [7, 11) is 1.39. The summed E-state index contributed by atoms with van der Waals surface area (Å²) in [5.41, 5.74) is 1.91. The number of ether oxygens (including phenoxy) is 3. The molecule has 0 radical (unpaired) electrons. The van der Waals surface area contributed by atoms with Gasteiger partial charge in [0.2, 0.25) is 0 Å². The monoisotopic (exact) mass is 499 g/mol. The Morgan fingerprint density at radius 1 is 1.06 bits per heavy atom. The highest BCUT2D eigenvalue weighted by Gasteiger charge is 2.31. The second kappa shape index (κ2) is 13.2. The zero-order valence-electron chi connectivity index (χ0n) is 19.5. The minimum absolute atomic E-state index is 0.0923. The average molecular weight is 500 g/mol. The van der Waals surface area contributed by atoms with Crippen LogP contribution in [-0.4, -0.2) is 41.4 Å². The maximum Gasteiger partial charge on any atom is 0.305 e. The number of benzene rings is 2. The van der Waals surface area contributed by atoms with E-state index < -0.39 is 0 Å². The topological polar surface area (TPSA) is 65.1 Å². The molecular weight excluding hydrogens is 470 g/mol. The molecule has 1 fully saturated rings. The van der Waals surface area contributed by atoms with Crippen molar-refractivity contribution < 1.29 is 23.8 Å². The van der Waals surface area contributed by atoms with Crippen LogP contribution in [0.25, 0.3) is 6.08 Å². The predicted molar refractivity (Wildman–Crippen MR) is 139 cm³/mol. The quantitative estimate of drug-likeness (QED) is 0.163. The van der Waals surface area contributed by atoms with Crippen LogP contribution in [0.15, 0.2) is 53.4 Å². The van der Waals surface area contributed by atoms with E-state index >= 15 is 0 Å². The van der Waals surface area contributed by atoms with E-state index in [1.54, 1.807) is 4.90 Å². The van der Waals surface area contributed by atoms with E-state index in [1.807, 2.05) is 61.5 Å². The SMILES string of the molecule is CCOc1cc(/C=C2\SC(=S)N(CCCCCC(=O)OC)C2=O)ccc1OCc1ccccc1. The molecule has 6 nitrogen and oxygen atoms in total. The third kappa shape index (κ3) is 7.33. The van der Waals surface area contributed by atoms with Crippen LogP contribution in [0, 0.1) is 0 Å². The summed E-state index contributed by atoms with van der Waals surface area (Å²) in [6, 6.07) is 15.6. The van der Waals surface area contributed by atoms with Crippen molar-refractivity contribution in [3.63, 3.8) is 0 Å². The molecule has 1 aliphatic rings. The molecule has 8 heteroatoms. The number of thioether (sulfide) groups is 1. The Hall–Kier alpha value is -2.84. The number of carbonyl (C=O) groups excluding carboxylic acids is 2. The molecule has 1 saturated heterocycles. The number of carbonyl (C=O) groups is 2. The molecule has 2 aromatic carbocycles. The maximum atomic E-state index is 12.9. The molecule has 180 valence electrons. The van der Waals surface area contributed by atoms with Gasteiger partial charge in [-0.3, -0.25) is 14.5 Å². The average Bonchev–Trinajstić information content (AvgIpc) is 3.11. The third-order valence-electron chi connectivity index (χ3n) is 5.17. The Morgan fingerprint density at radius 3 is 2.59 bits per heavy atom. The van der Waals surface area contributed by atoms with Crippen molar-refractivity contribution >= 4 is 46.3 Å². The summed E-state index contributed by atoms with van der Waals surface area (Å²) < 4.78 is 17.0. The summed E-state index contributed by atoms with van der Waals surface area (Å²) in [6.07, 6.45) is 4.56. The highest BCUT2D eigenvalue weighted by molar-refractivity contribution is 8.26. The van der Waals surface area contributed by atoms with Gasteiger partial charge in [0, 0.05) is 13.0 Å². The second-order valence-corrected chi connectivity index (χ2v) is 9.31. The largest absolute Gasteiger partial charge is 0.490 e. The van der Waals surface area contributed by atoms with E-state index in [0.29, 0.717) is 46.9 Å². The van der Waals surface area contributed by atoms with E-state index in [1.165, 1.54) is 18.9 Å². The van der Waals surface area contributed by atoms with Gasteiger partial charge in [-0.25, -0.2) is 0 Å². The summed E-state index contributed by atoms with van der Waals surface area (Å²) >= 11 is 6.73. The van der Waals surface area contributed by atoms with Crippen LogP contribution in [0.3, 0.4) is 0 Å². The number of hydrogen-bond acceptors (Lipinski definition) is 7. The Bertz CT molecular complexity index is 1040. The molecule has 1 aliphatic heterocycles. The maximum absolute atomic E-state index is 12.9. The van der Waals surface area contributed by atoms with Crippen molar-refractivity contribution in [2.45, 2.75) is 39.2 Å². The van der Waals surface area contributed by atoms with E-state index in [2.05, 4.69) is 4.74 Å². The number of hydrogen-bond donors (Lipinski definition) is 0. The number of thiocarbonyl (C=S) groups is 1. The number of unbranched alkanes of at least 4 members (excludes halogenated alkanes) is 2. The van der Waals surface area contributed by atoms with Crippen LogP contribution < -0.4 is 9.47 Å². The second-order valence-electron chi connectivity index (χ2n) is 7.63. The summed E-state index contributed by atoms with van der Waals surface area (Å²) in [4.78, 5) is 26.3. The number of amides is 1. The van der Waals surface area contributed by atoms with Crippen molar-refractivity contribution in [3.05, 3.63) is 64.6 Å². The van der Waals surface area contributed by atoms with Crippen molar-refractivity contribution in [1.29, 1.82) is 0 Å². The standard InChI is InChI=1S/C26H29NO5S2/c1-3-31-22-16-20(13-14-21(22)32-18-19-10-6-4-7-11-19)17-23-25(29)27(26(33)34-23)15-9-5-8-12-24(28)30-2/h4,6-7,10-11,13-14,16-17H,3,5,8-9,12,15,18H2,1-2H3/b23-17-. The normalized spacial score (nSPS) is 14.5. The molecule has 2 aromatic rings. The molecule has 3 rings (SSSR count). The first-order valence-electron chi connectivity index (χ1n) is 11.3. The van der Waals surface area contributed by atoms with Crippen LogP contribution in [0.2, 0.25) is 0 Å². The van der Waals surface area contributed by atoms with Gasteiger partial charge in [0.05, 0.1) is 18.6 Å². The zero-order chi connectivity index (χ0) is 24.3. The number of rotatable bonds is 12. The van der Waals surface area contributed by atoms with Crippen LogP contribution in [0.5, 0.6) is 11.5 Å². The molecule has 0 bridgehead atoms. The first-order chi connectivity index (χ1) is 16.5. The lowest BCUT2D eigenvalue weighted by molar-refractivity contribution is -0.140. The first-order valence-corrected chi connectivity index (χ1v) is 12.5. The molecule has 0 aliphatic carbocycles. The fraction of sp³-hybridized carbons (Fsp3) is 0.346. The molecule has 0 atom stereocenters. The highest BCUT2D eigenvalue weighted by Crippen LogP contribution is 2.35. The molecular formula is C26H29NO5S2. The zero-order valence-corrected chi connectivity index (χ0v) is 21.1. The Balaban J connectivity index is 1.62. The van der Waals surface area contributed by atoms with E-state index in [4.69, 9.17) is 21.7 Å². The van der Waals surface area contributed by atoms with Crippen LogP contribution in [0.4, 0.5) is 0 Å². The van der Waals surface area contributed by atoms with Gasteiger partial charge < -0.3 is 14.2 Å². The lowest BCUT2D eigenvalue weighted by Gasteiger charge is -2.14. The van der Waals surface area contributed by atoms with E-state index in [-0.39, 0.29) is 11.9 Å². The van der Waals surface area contributed by atoms with Crippen molar-refractivity contribution in [1.82, 2.24) is 4.90 Å². The molecule has 34 heavy (non-hydrogen) atoms.